The van der Waals surface area contributed by atoms with Crippen LogP contribution in [0.2, 0.25) is 0 Å². The van der Waals surface area contributed by atoms with Crippen molar-refractivity contribution in [1.82, 2.24) is 18.3 Å². The van der Waals surface area contributed by atoms with Gasteiger partial charge in [-0.1, -0.05) is 352 Å². The maximum Gasteiger partial charge on any atom is 0.143 e. The van der Waals surface area contributed by atoms with E-state index in [0.29, 0.717) is 0 Å². The SMILES string of the molecule is c1ccc(-c2ccc3c4c5sc6ccccc6c5ccc4n(-c4ccc(-c5ccc6c(c5)c5ccccc5n6-c5ccccc5)cc4)c3c2)cc1.c1ccc(-c2ccc3c4c5sc6ccccc6c5ccc4n(-c4ccc(-c5cccc6c5oc5ccccc56)cc4)c3c2)cc1.c1ccc(-c2ccc3c4c5sc6ccccc6c5ccc4n(-c4ccc(-c5cccc6c5sc5ccccc56)cc4)c3c2)cc1. The summed E-state index contributed by atoms with van der Waals surface area (Å²) in [6.07, 6.45) is 0. The van der Waals surface area contributed by atoms with E-state index < -0.39 is 0 Å². The van der Waals surface area contributed by atoms with Gasteiger partial charge in [0.05, 0.1) is 44.1 Å². The number of nitrogens with zero attached hydrogens (tertiary/aromatic N) is 4. The summed E-state index contributed by atoms with van der Waals surface area (Å²) in [5, 5.41) is 23.3. The van der Waals surface area contributed by atoms with Crippen LogP contribution in [0.1, 0.15) is 0 Å². The van der Waals surface area contributed by atoms with E-state index >= 15 is 0 Å². The third kappa shape index (κ3) is 13.1. The molecular weight excluding hydrogens is 1790 g/mol. The minimum absolute atomic E-state index is 0.920. The molecule has 0 aliphatic heterocycles. The van der Waals surface area contributed by atoms with Crippen molar-refractivity contribution in [2.75, 3.05) is 0 Å². The van der Waals surface area contributed by atoms with Crippen molar-refractivity contribution in [2.45, 2.75) is 0 Å². The molecule has 31 rings (SSSR count). The van der Waals surface area contributed by atoms with Crippen LogP contribution in [0.25, 0.3) is 279 Å². The number of rotatable bonds is 10. The van der Waals surface area contributed by atoms with Crippen LogP contribution in [-0.4, -0.2) is 18.3 Å². The number of para-hydroxylation sites is 4. The molecule has 0 atom stereocenters. The van der Waals surface area contributed by atoms with Crippen molar-refractivity contribution < 1.29 is 4.42 Å². The molecule has 0 saturated heterocycles. The molecule has 141 heavy (non-hydrogen) atoms. The lowest BCUT2D eigenvalue weighted by Gasteiger charge is -2.11. The predicted molar refractivity (Wildman–Crippen MR) is 608 cm³/mol. The van der Waals surface area contributed by atoms with E-state index in [-0.39, 0.29) is 0 Å². The first-order chi connectivity index (χ1) is 69.9. The lowest BCUT2D eigenvalue weighted by atomic mass is 10.0. The van der Waals surface area contributed by atoms with Gasteiger partial charge in [0, 0.05) is 163 Å². The van der Waals surface area contributed by atoms with Gasteiger partial charge in [0.25, 0.3) is 0 Å². The van der Waals surface area contributed by atoms with E-state index in [2.05, 4.69) is 491 Å². The number of benzene rings is 22. The molecule has 0 unspecified atom stereocenters. The van der Waals surface area contributed by atoms with Crippen LogP contribution in [0, 0.1) is 0 Å². The van der Waals surface area contributed by atoms with Crippen LogP contribution in [0.5, 0.6) is 0 Å². The van der Waals surface area contributed by atoms with Gasteiger partial charge in [-0.15, -0.1) is 45.3 Å². The monoisotopic (exact) mass is 1860 g/mol. The topological polar surface area (TPSA) is 32.9 Å². The quantitative estimate of drug-likeness (QED) is 0.134. The molecule has 0 aliphatic rings. The third-order valence-electron chi connectivity index (χ3n) is 29.0. The molecule has 9 heterocycles. The number of thiophene rings is 4. The molecule has 0 aliphatic carbocycles. The molecule has 22 aromatic carbocycles. The Bertz CT molecular complexity index is 10100. The van der Waals surface area contributed by atoms with Gasteiger partial charge in [0.1, 0.15) is 11.2 Å². The minimum Gasteiger partial charge on any atom is -0.455 e. The number of furan rings is 1. The Labute approximate surface area is 825 Å². The van der Waals surface area contributed by atoms with Crippen LogP contribution < -0.4 is 0 Å². The van der Waals surface area contributed by atoms with Crippen LogP contribution >= 0.6 is 45.3 Å². The van der Waals surface area contributed by atoms with E-state index in [9.17, 15) is 0 Å². The van der Waals surface area contributed by atoms with Crippen LogP contribution in [0.3, 0.4) is 0 Å². The van der Waals surface area contributed by atoms with Crippen LogP contribution in [0.4, 0.5) is 0 Å². The lowest BCUT2D eigenvalue weighted by Crippen LogP contribution is -1.94. The van der Waals surface area contributed by atoms with Crippen molar-refractivity contribution in [3.8, 4) is 89.5 Å². The third-order valence-corrected chi connectivity index (χ3v) is 33.8. The Morgan fingerprint density at radius 2 is 0.440 bits per heavy atom. The normalized spacial score (nSPS) is 12.0. The Morgan fingerprint density at radius 3 is 0.894 bits per heavy atom. The average molecular weight is 1870 g/mol. The summed E-state index contributed by atoms with van der Waals surface area (Å²) < 4.78 is 26.8. The van der Waals surface area contributed by atoms with Gasteiger partial charge in [-0.25, -0.2) is 0 Å². The highest BCUT2D eigenvalue weighted by molar-refractivity contribution is 7.28. The first-order valence-corrected chi connectivity index (χ1v) is 51.2. The van der Waals surface area contributed by atoms with E-state index in [4.69, 9.17) is 4.42 Å². The fourth-order valence-corrected chi connectivity index (χ4v) is 27.5. The Morgan fingerprint density at radius 1 is 0.149 bits per heavy atom. The molecule has 9 aromatic heterocycles. The molecule has 0 spiro atoms. The van der Waals surface area contributed by atoms with Gasteiger partial charge in [0.15, 0.2) is 0 Å². The van der Waals surface area contributed by atoms with Crippen molar-refractivity contribution in [3.05, 3.63) is 485 Å². The molecule has 658 valence electrons. The number of aromatic nitrogens is 4. The summed E-state index contributed by atoms with van der Waals surface area (Å²) in [5.41, 5.74) is 30.9. The maximum atomic E-state index is 6.37. The van der Waals surface area contributed by atoms with Gasteiger partial charge >= 0.3 is 0 Å². The number of hydrogen-bond acceptors (Lipinski definition) is 5. The van der Waals surface area contributed by atoms with Crippen molar-refractivity contribution in [1.29, 1.82) is 0 Å². The van der Waals surface area contributed by atoms with Crippen molar-refractivity contribution in [3.63, 3.8) is 0 Å². The van der Waals surface area contributed by atoms with Gasteiger partial charge in [-0.05, 0) is 195 Å². The summed E-state index contributed by atoms with van der Waals surface area (Å²) in [4.78, 5) is 0. The minimum atomic E-state index is 0.920. The van der Waals surface area contributed by atoms with E-state index in [0.717, 1.165) is 44.4 Å². The smallest absolute Gasteiger partial charge is 0.143 e. The average Bonchev–Trinajstić information content (AvgIpc) is 1.56. The van der Waals surface area contributed by atoms with Gasteiger partial charge < -0.3 is 22.7 Å². The Hall–Kier alpha value is -17.3. The molecule has 0 fully saturated rings. The maximum absolute atomic E-state index is 6.37. The highest BCUT2D eigenvalue weighted by Gasteiger charge is 2.26. The Balaban J connectivity index is 0.000000102. The van der Waals surface area contributed by atoms with Crippen LogP contribution in [-0.2, 0) is 0 Å². The molecule has 5 nitrogen and oxygen atoms in total. The highest BCUT2D eigenvalue weighted by Crippen LogP contribution is 2.51. The van der Waals surface area contributed by atoms with E-state index in [1.165, 1.54) is 235 Å². The predicted octanol–water partition coefficient (Wildman–Crippen LogP) is 38.8. The summed E-state index contributed by atoms with van der Waals surface area (Å²) in [6.45, 7) is 0. The molecule has 0 radical (unpaired) electrons. The zero-order valence-electron chi connectivity index (χ0n) is 76.0. The Kier molecular flexibility index (Phi) is 18.8. The first kappa shape index (κ1) is 80.9. The molecule has 0 amide bonds. The van der Waals surface area contributed by atoms with Crippen molar-refractivity contribution >= 4 is 235 Å². The summed E-state index contributed by atoms with van der Waals surface area (Å²) in [6, 6.07) is 177. The van der Waals surface area contributed by atoms with E-state index in [1.807, 2.05) is 57.5 Å². The fourth-order valence-electron chi connectivity index (χ4n) is 22.5. The second kappa shape index (κ2) is 32.7. The zero-order valence-corrected chi connectivity index (χ0v) is 79.3. The number of hydrogen-bond donors (Lipinski definition) is 0. The van der Waals surface area contributed by atoms with Gasteiger partial charge in [0.2, 0.25) is 0 Å². The van der Waals surface area contributed by atoms with Crippen molar-refractivity contribution in [2.24, 2.45) is 0 Å². The fraction of sp³-hybridized carbons (Fsp3) is 0. The highest BCUT2D eigenvalue weighted by atomic mass is 32.1. The van der Waals surface area contributed by atoms with Gasteiger partial charge in [-0.2, -0.15) is 0 Å². The van der Waals surface area contributed by atoms with E-state index in [1.54, 1.807) is 0 Å². The molecule has 9 heteroatoms. The summed E-state index contributed by atoms with van der Waals surface area (Å²) in [5.74, 6) is 0. The summed E-state index contributed by atoms with van der Waals surface area (Å²) >= 11 is 7.59. The van der Waals surface area contributed by atoms with Crippen LogP contribution in [0.15, 0.2) is 490 Å². The molecular formula is C132H80N4OS4. The number of fused-ring (bicyclic) bond motifs is 30. The molecule has 0 saturated carbocycles. The molecule has 31 aromatic rings. The largest absolute Gasteiger partial charge is 0.455 e. The molecule has 0 bridgehead atoms. The second-order valence-corrected chi connectivity index (χ2v) is 40.9. The standard InChI is InChI=1S/C48H30N2S.C42H25NOS.C42H25NS2/c1-3-11-31(12-4-1)34-21-25-40-45(30-34)50(44-28-26-39-38-16-8-10-18-46(38)51-48(39)47(40)44)36-23-19-32(20-24-36)33-22-27-43-41(29-33)37-15-7-9-17-42(37)49(43)35-13-5-2-6-14-35;2*1-2-9-26(10-3-1)28-19-22-35-37(25-28)43(36-24-23-34-32-12-5-7-16-39(32)45-42(34)40(35)36)29-20-17-27(18-21-29)30-13-8-14-33-31-11-4-6-15-38(31)44-41(30)33/h1-30H;2*1-25H. The molecule has 0 N–H and O–H groups in total. The lowest BCUT2D eigenvalue weighted by molar-refractivity contribution is 0.670. The zero-order chi connectivity index (χ0) is 92.4. The first-order valence-electron chi connectivity index (χ1n) is 48.0. The second-order valence-electron chi connectivity index (χ2n) is 36.7. The summed E-state index contributed by atoms with van der Waals surface area (Å²) in [7, 11) is 0. The van der Waals surface area contributed by atoms with Gasteiger partial charge in [-0.3, -0.25) is 0 Å².